The molecule has 34 heavy (non-hydrogen) atoms. The Labute approximate surface area is 201 Å². The first kappa shape index (κ1) is 26.1. The first-order valence-electron chi connectivity index (χ1n) is 11.8. The summed E-state index contributed by atoms with van der Waals surface area (Å²) in [5.74, 6) is 0.114. The van der Waals surface area contributed by atoms with Crippen LogP contribution in [0.3, 0.4) is 0 Å². The fourth-order valence-corrected chi connectivity index (χ4v) is 4.75. The topological polar surface area (TPSA) is 109 Å². The minimum atomic E-state index is -1.21. The smallest absolute Gasteiger partial charge is 0.336 e. The summed E-state index contributed by atoms with van der Waals surface area (Å²) in [6.45, 7) is 5.44. The summed E-state index contributed by atoms with van der Waals surface area (Å²) in [6, 6.07) is 3.81. The van der Waals surface area contributed by atoms with E-state index in [0.717, 1.165) is 42.5 Å². The van der Waals surface area contributed by atoms with E-state index in [1.807, 2.05) is 17.0 Å². The van der Waals surface area contributed by atoms with Crippen molar-refractivity contribution >= 4 is 11.7 Å². The van der Waals surface area contributed by atoms with Gasteiger partial charge in [-0.25, -0.2) is 4.79 Å². The molecular weight excluding hydrogens is 438 g/mol. The molecule has 2 unspecified atom stereocenters. The third-order valence-electron chi connectivity index (χ3n) is 6.58. The van der Waals surface area contributed by atoms with E-state index in [1.54, 1.807) is 26.5 Å². The lowest BCUT2D eigenvalue weighted by Crippen LogP contribution is -2.49. The largest absolute Gasteiger partial charge is 0.493 e. The molecule has 0 radical (unpaired) electrons. The van der Waals surface area contributed by atoms with Crippen molar-refractivity contribution in [1.82, 2.24) is 4.90 Å². The number of rotatable bonds is 12. The third-order valence-corrected chi connectivity index (χ3v) is 6.58. The number of hydrogen-bond acceptors (Lipinski definition) is 7. The van der Waals surface area contributed by atoms with Crippen molar-refractivity contribution in [2.75, 3.05) is 34.0 Å². The lowest BCUT2D eigenvalue weighted by Gasteiger charge is -2.47. The van der Waals surface area contributed by atoms with Gasteiger partial charge in [-0.2, -0.15) is 0 Å². The van der Waals surface area contributed by atoms with Crippen molar-refractivity contribution in [3.05, 3.63) is 41.1 Å². The fourth-order valence-electron chi connectivity index (χ4n) is 4.75. The summed E-state index contributed by atoms with van der Waals surface area (Å²) in [7, 11) is 3.25. The molecule has 0 aromatic heterocycles. The number of benzene rings is 1. The van der Waals surface area contributed by atoms with Gasteiger partial charge in [0.05, 0.1) is 25.9 Å². The van der Waals surface area contributed by atoms with Gasteiger partial charge in [0, 0.05) is 42.6 Å². The zero-order valence-electron chi connectivity index (χ0n) is 20.5. The van der Waals surface area contributed by atoms with Crippen molar-refractivity contribution in [2.45, 2.75) is 58.1 Å². The number of aliphatic hydroxyl groups excluding tert-OH is 2. The van der Waals surface area contributed by atoms with E-state index in [4.69, 9.17) is 19.3 Å². The molecule has 0 amide bonds. The number of hydrogen-bond donors (Lipinski definition) is 3. The molecule has 1 aromatic carbocycles. The standard InChI is InChI=1S/C26H37NO7/c1-26(2,16-32-3)24-12-17-11-23(34-10-8-6-5-7-9-28)22(33-4)13-18(17)20-14-21(29)19(25(30)31)15-27(20)24/h11,13-15,21,24,28-29H,5-10,12,16H2,1-4H3,(H,30,31). The van der Waals surface area contributed by atoms with Gasteiger partial charge in [0.25, 0.3) is 0 Å². The minimum Gasteiger partial charge on any atom is -0.493 e. The van der Waals surface area contributed by atoms with Gasteiger partial charge in [0.2, 0.25) is 0 Å². The second-order valence-electron chi connectivity index (χ2n) is 9.58. The average molecular weight is 476 g/mol. The Morgan fingerprint density at radius 2 is 1.88 bits per heavy atom. The van der Waals surface area contributed by atoms with Crippen LogP contribution in [0.5, 0.6) is 11.5 Å². The van der Waals surface area contributed by atoms with Crippen LogP contribution in [0.4, 0.5) is 0 Å². The second kappa shape index (κ2) is 11.3. The Bertz CT molecular complexity index is 937. The number of fused-ring (bicyclic) bond motifs is 3. The molecule has 0 bridgehead atoms. The molecular formula is C26H37NO7. The Morgan fingerprint density at radius 3 is 2.53 bits per heavy atom. The van der Waals surface area contributed by atoms with Crippen LogP contribution >= 0.6 is 0 Å². The van der Waals surface area contributed by atoms with E-state index in [2.05, 4.69) is 13.8 Å². The van der Waals surface area contributed by atoms with Crippen LogP contribution in [-0.4, -0.2) is 72.4 Å². The molecule has 0 saturated carbocycles. The maximum absolute atomic E-state index is 11.7. The number of carboxylic acid groups (broad SMARTS) is 1. The Kier molecular flexibility index (Phi) is 8.62. The van der Waals surface area contributed by atoms with E-state index < -0.39 is 12.1 Å². The summed E-state index contributed by atoms with van der Waals surface area (Å²) in [6.07, 6.45) is 6.23. The second-order valence-corrected chi connectivity index (χ2v) is 9.58. The van der Waals surface area contributed by atoms with Crippen LogP contribution in [0.2, 0.25) is 0 Å². The number of aliphatic carboxylic acids is 1. The van der Waals surface area contributed by atoms with Gasteiger partial charge in [0.1, 0.15) is 6.10 Å². The van der Waals surface area contributed by atoms with Gasteiger partial charge in [-0.05, 0) is 49.5 Å². The molecule has 3 rings (SSSR count). The molecule has 0 saturated heterocycles. The average Bonchev–Trinajstić information content (AvgIpc) is 2.79. The van der Waals surface area contributed by atoms with Gasteiger partial charge >= 0.3 is 5.97 Å². The summed E-state index contributed by atoms with van der Waals surface area (Å²) in [5, 5.41) is 29.1. The Hall–Kier alpha value is -2.55. The third kappa shape index (κ3) is 5.56. The van der Waals surface area contributed by atoms with Crippen LogP contribution in [0, 0.1) is 5.41 Å². The van der Waals surface area contributed by atoms with Crippen LogP contribution in [0.15, 0.2) is 30.0 Å². The van der Waals surface area contributed by atoms with Crippen LogP contribution in [0.1, 0.15) is 50.7 Å². The summed E-state index contributed by atoms with van der Waals surface area (Å²) < 4.78 is 17.2. The Morgan fingerprint density at radius 1 is 1.15 bits per heavy atom. The number of carbonyl (C=O) groups is 1. The van der Waals surface area contributed by atoms with E-state index in [9.17, 15) is 15.0 Å². The highest BCUT2D eigenvalue weighted by Crippen LogP contribution is 2.45. The van der Waals surface area contributed by atoms with E-state index in [0.29, 0.717) is 31.1 Å². The number of nitrogens with zero attached hydrogens (tertiary/aromatic N) is 1. The molecule has 0 spiro atoms. The molecule has 2 aliphatic rings. The molecule has 2 atom stereocenters. The molecule has 1 aromatic rings. The first-order valence-corrected chi connectivity index (χ1v) is 11.8. The lowest BCUT2D eigenvalue weighted by atomic mass is 9.76. The minimum absolute atomic E-state index is 0.0569. The SMILES string of the molecule is COCC(C)(C)C1Cc2cc(OCCCCCCO)c(OC)cc2C2=CC(O)C(C(=O)O)=CN21. The summed E-state index contributed by atoms with van der Waals surface area (Å²) in [5.41, 5.74) is 2.32. The van der Waals surface area contributed by atoms with Gasteiger partial charge in [-0.3, -0.25) is 0 Å². The van der Waals surface area contributed by atoms with Crippen LogP contribution in [-0.2, 0) is 16.0 Å². The van der Waals surface area contributed by atoms with E-state index >= 15 is 0 Å². The highest BCUT2D eigenvalue weighted by Gasteiger charge is 2.42. The predicted octanol–water partition coefficient (Wildman–Crippen LogP) is 3.21. The zero-order chi connectivity index (χ0) is 24.9. The number of carboxylic acids is 1. The van der Waals surface area contributed by atoms with Crippen molar-refractivity contribution < 1.29 is 34.3 Å². The molecule has 2 heterocycles. The molecule has 0 aliphatic carbocycles. The van der Waals surface area contributed by atoms with Crippen molar-refractivity contribution in [3.8, 4) is 11.5 Å². The predicted molar refractivity (Wildman–Crippen MR) is 129 cm³/mol. The number of unbranched alkanes of at least 4 members (excludes halogenated alkanes) is 3. The van der Waals surface area contributed by atoms with Crippen molar-refractivity contribution in [1.29, 1.82) is 0 Å². The lowest BCUT2D eigenvalue weighted by molar-refractivity contribution is -0.133. The number of aliphatic hydroxyl groups is 2. The van der Waals surface area contributed by atoms with Crippen molar-refractivity contribution in [3.63, 3.8) is 0 Å². The van der Waals surface area contributed by atoms with Gasteiger partial charge in [-0.15, -0.1) is 0 Å². The number of ether oxygens (including phenoxy) is 3. The molecule has 3 N–H and O–H groups in total. The summed E-state index contributed by atoms with van der Waals surface area (Å²) >= 11 is 0. The highest BCUT2D eigenvalue weighted by atomic mass is 16.5. The number of methoxy groups -OCH3 is 2. The fraction of sp³-hybridized carbons (Fsp3) is 0.577. The molecule has 8 heteroatoms. The first-order chi connectivity index (χ1) is 16.2. The summed E-state index contributed by atoms with van der Waals surface area (Å²) in [4.78, 5) is 13.7. The van der Waals surface area contributed by atoms with Crippen LogP contribution in [0.25, 0.3) is 5.70 Å². The van der Waals surface area contributed by atoms with Crippen LogP contribution < -0.4 is 9.47 Å². The van der Waals surface area contributed by atoms with Gasteiger partial charge < -0.3 is 34.4 Å². The van der Waals surface area contributed by atoms with E-state index in [-0.39, 0.29) is 23.6 Å². The normalized spacial score (nSPS) is 19.6. The molecule has 0 fully saturated rings. The molecule has 8 nitrogen and oxygen atoms in total. The highest BCUT2D eigenvalue weighted by molar-refractivity contribution is 5.90. The quantitative estimate of drug-likeness (QED) is 0.396. The maximum Gasteiger partial charge on any atom is 0.336 e. The van der Waals surface area contributed by atoms with Gasteiger partial charge in [-0.1, -0.05) is 20.3 Å². The van der Waals surface area contributed by atoms with Crippen molar-refractivity contribution in [2.24, 2.45) is 5.41 Å². The molecule has 188 valence electrons. The molecule has 2 aliphatic heterocycles. The van der Waals surface area contributed by atoms with E-state index in [1.165, 1.54) is 0 Å². The van der Waals surface area contributed by atoms with Gasteiger partial charge in [0.15, 0.2) is 11.5 Å². The maximum atomic E-state index is 11.7. The monoisotopic (exact) mass is 475 g/mol. The Balaban J connectivity index is 1.97. The zero-order valence-corrected chi connectivity index (χ0v) is 20.5.